The summed E-state index contributed by atoms with van der Waals surface area (Å²) < 4.78 is 0. The van der Waals surface area contributed by atoms with Crippen LogP contribution in [0.5, 0.6) is 0 Å². The van der Waals surface area contributed by atoms with Crippen molar-refractivity contribution >= 4 is 21.6 Å². The normalized spacial score (nSPS) is 11.4. The second kappa shape index (κ2) is 3.20. The maximum absolute atomic E-state index is 11.6. The third kappa shape index (κ3) is 1.26. The van der Waals surface area contributed by atoms with Gasteiger partial charge in [0.1, 0.15) is 4.83 Å². The molecule has 0 fully saturated rings. The van der Waals surface area contributed by atoms with Crippen LogP contribution in [0.2, 0.25) is 0 Å². The molecule has 0 amide bonds. The molecule has 14 heavy (non-hydrogen) atoms. The van der Waals surface area contributed by atoms with E-state index in [1.165, 1.54) is 11.2 Å². The lowest BCUT2D eigenvalue weighted by Gasteiger charge is -2.03. The smallest absolute Gasteiger partial charge is 0.259 e. The van der Waals surface area contributed by atoms with Gasteiger partial charge in [-0.1, -0.05) is 13.8 Å². The zero-order chi connectivity index (χ0) is 10.3. The number of thiophene rings is 1. The standard InChI is InChI=1S/C10H12N2OS/c1-5(2)7-6(3)14-10-8(7)9(13)11-4-12-10/h4-5H,1-3H3,(H,11,12,13). The number of aromatic nitrogens is 2. The number of rotatable bonds is 1. The molecular weight excluding hydrogens is 196 g/mol. The van der Waals surface area contributed by atoms with Crippen LogP contribution in [0.15, 0.2) is 11.1 Å². The van der Waals surface area contributed by atoms with E-state index in [4.69, 9.17) is 0 Å². The van der Waals surface area contributed by atoms with Crippen molar-refractivity contribution in [3.8, 4) is 0 Å². The molecule has 2 aromatic heterocycles. The molecule has 4 heteroatoms. The molecule has 0 spiro atoms. The van der Waals surface area contributed by atoms with Crippen molar-refractivity contribution in [3.63, 3.8) is 0 Å². The maximum Gasteiger partial charge on any atom is 0.259 e. The zero-order valence-electron chi connectivity index (χ0n) is 8.42. The molecule has 0 unspecified atom stereocenters. The summed E-state index contributed by atoms with van der Waals surface area (Å²) in [6.45, 7) is 6.24. The summed E-state index contributed by atoms with van der Waals surface area (Å²) >= 11 is 1.59. The van der Waals surface area contributed by atoms with Gasteiger partial charge in [0.05, 0.1) is 11.7 Å². The van der Waals surface area contributed by atoms with Gasteiger partial charge >= 0.3 is 0 Å². The number of aromatic amines is 1. The lowest BCUT2D eigenvalue weighted by Crippen LogP contribution is -2.07. The second-order valence-electron chi connectivity index (χ2n) is 3.64. The van der Waals surface area contributed by atoms with Crippen LogP contribution in [0.3, 0.4) is 0 Å². The Hall–Kier alpha value is -1.16. The number of hydrogen-bond donors (Lipinski definition) is 1. The fourth-order valence-corrected chi connectivity index (χ4v) is 2.92. The Morgan fingerprint density at radius 2 is 2.21 bits per heavy atom. The van der Waals surface area contributed by atoms with Crippen LogP contribution >= 0.6 is 11.3 Å². The van der Waals surface area contributed by atoms with Gasteiger partial charge in [-0.15, -0.1) is 11.3 Å². The molecule has 1 N–H and O–H groups in total. The Bertz CT molecular complexity index is 524. The number of hydrogen-bond acceptors (Lipinski definition) is 3. The molecule has 2 aromatic rings. The summed E-state index contributed by atoms with van der Waals surface area (Å²) in [5.41, 5.74) is 1.11. The lowest BCUT2D eigenvalue weighted by atomic mass is 10.0. The Morgan fingerprint density at radius 1 is 1.50 bits per heavy atom. The molecule has 0 aliphatic heterocycles. The van der Waals surface area contributed by atoms with Crippen LogP contribution in [0, 0.1) is 6.92 Å². The molecule has 0 saturated carbocycles. The van der Waals surface area contributed by atoms with Gasteiger partial charge in [-0.25, -0.2) is 4.98 Å². The van der Waals surface area contributed by atoms with E-state index in [1.807, 2.05) is 6.92 Å². The minimum atomic E-state index is -0.0250. The molecule has 2 rings (SSSR count). The highest BCUT2D eigenvalue weighted by Crippen LogP contribution is 2.31. The van der Waals surface area contributed by atoms with Crippen molar-refractivity contribution in [2.24, 2.45) is 0 Å². The lowest BCUT2D eigenvalue weighted by molar-refractivity contribution is 0.870. The number of fused-ring (bicyclic) bond motifs is 1. The quantitative estimate of drug-likeness (QED) is 0.782. The van der Waals surface area contributed by atoms with E-state index in [2.05, 4.69) is 23.8 Å². The van der Waals surface area contributed by atoms with Gasteiger partial charge in [-0.2, -0.15) is 0 Å². The van der Waals surface area contributed by atoms with E-state index in [0.717, 1.165) is 15.8 Å². The molecule has 0 atom stereocenters. The summed E-state index contributed by atoms with van der Waals surface area (Å²) in [4.78, 5) is 20.5. The number of nitrogens with zero attached hydrogens (tertiary/aromatic N) is 1. The second-order valence-corrected chi connectivity index (χ2v) is 4.84. The molecule has 0 aliphatic carbocycles. The van der Waals surface area contributed by atoms with Crippen molar-refractivity contribution in [1.29, 1.82) is 0 Å². The van der Waals surface area contributed by atoms with Gasteiger partial charge in [0.2, 0.25) is 0 Å². The molecule has 0 aromatic carbocycles. The van der Waals surface area contributed by atoms with Gasteiger partial charge in [0.25, 0.3) is 5.56 Å². The van der Waals surface area contributed by atoms with Crippen molar-refractivity contribution in [2.45, 2.75) is 26.7 Å². The third-order valence-corrected chi connectivity index (χ3v) is 3.32. The first-order chi connectivity index (χ1) is 6.61. The minimum Gasteiger partial charge on any atom is -0.313 e. The Labute approximate surface area is 85.8 Å². The maximum atomic E-state index is 11.6. The first-order valence-corrected chi connectivity index (χ1v) is 5.39. The first-order valence-electron chi connectivity index (χ1n) is 4.58. The van der Waals surface area contributed by atoms with Crippen LogP contribution < -0.4 is 5.56 Å². The monoisotopic (exact) mass is 208 g/mol. The van der Waals surface area contributed by atoms with Crippen molar-refractivity contribution in [2.75, 3.05) is 0 Å². The van der Waals surface area contributed by atoms with Gasteiger partial charge in [0.15, 0.2) is 0 Å². The number of aryl methyl sites for hydroxylation is 1. The molecule has 74 valence electrons. The molecule has 0 aliphatic rings. The summed E-state index contributed by atoms with van der Waals surface area (Å²) in [7, 11) is 0. The van der Waals surface area contributed by atoms with Crippen molar-refractivity contribution in [3.05, 3.63) is 27.1 Å². The van der Waals surface area contributed by atoms with Gasteiger partial charge in [-0.05, 0) is 18.4 Å². The highest BCUT2D eigenvalue weighted by atomic mass is 32.1. The van der Waals surface area contributed by atoms with Crippen molar-refractivity contribution < 1.29 is 0 Å². The average Bonchev–Trinajstić information content (AvgIpc) is 2.42. The summed E-state index contributed by atoms with van der Waals surface area (Å²) in [5.74, 6) is 0.369. The van der Waals surface area contributed by atoms with E-state index in [-0.39, 0.29) is 5.56 Å². The molecule has 0 radical (unpaired) electrons. The Morgan fingerprint density at radius 3 is 2.86 bits per heavy atom. The van der Waals surface area contributed by atoms with Crippen molar-refractivity contribution in [1.82, 2.24) is 9.97 Å². The van der Waals surface area contributed by atoms with Crippen LogP contribution in [0.1, 0.15) is 30.2 Å². The van der Waals surface area contributed by atoms with E-state index in [1.54, 1.807) is 11.3 Å². The van der Waals surface area contributed by atoms with Gasteiger partial charge in [0, 0.05) is 4.88 Å². The van der Waals surface area contributed by atoms with E-state index in [0.29, 0.717) is 5.92 Å². The third-order valence-electron chi connectivity index (χ3n) is 2.29. The highest BCUT2D eigenvalue weighted by Gasteiger charge is 2.15. The summed E-state index contributed by atoms with van der Waals surface area (Å²) in [5, 5.41) is 0.769. The molecular formula is C10H12N2OS. The van der Waals surface area contributed by atoms with Crippen LogP contribution in [-0.4, -0.2) is 9.97 Å². The number of nitrogens with one attached hydrogen (secondary N) is 1. The molecule has 0 saturated heterocycles. The summed E-state index contributed by atoms with van der Waals surface area (Å²) in [6.07, 6.45) is 1.46. The SMILES string of the molecule is Cc1sc2nc[nH]c(=O)c2c1C(C)C. The van der Waals surface area contributed by atoms with Crippen LogP contribution in [0.25, 0.3) is 10.2 Å². The Kier molecular flexibility index (Phi) is 2.15. The predicted molar refractivity (Wildman–Crippen MR) is 59.1 cm³/mol. The largest absolute Gasteiger partial charge is 0.313 e. The van der Waals surface area contributed by atoms with E-state index in [9.17, 15) is 4.79 Å². The minimum absolute atomic E-state index is 0.0250. The van der Waals surface area contributed by atoms with E-state index < -0.39 is 0 Å². The Balaban J connectivity index is 2.94. The zero-order valence-corrected chi connectivity index (χ0v) is 9.23. The first kappa shape index (κ1) is 9.40. The molecule has 2 heterocycles. The topological polar surface area (TPSA) is 45.8 Å². The van der Waals surface area contributed by atoms with Crippen LogP contribution in [-0.2, 0) is 0 Å². The highest BCUT2D eigenvalue weighted by molar-refractivity contribution is 7.18. The fourth-order valence-electron chi connectivity index (χ4n) is 1.77. The average molecular weight is 208 g/mol. The molecule has 0 bridgehead atoms. The van der Waals surface area contributed by atoms with Gasteiger partial charge in [-0.3, -0.25) is 4.79 Å². The van der Waals surface area contributed by atoms with Crippen LogP contribution in [0.4, 0.5) is 0 Å². The fraction of sp³-hybridized carbons (Fsp3) is 0.400. The van der Waals surface area contributed by atoms with E-state index >= 15 is 0 Å². The summed E-state index contributed by atoms with van der Waals surface area (Å²) in [6, 6.07) is 0. The molecule has 3 nitrogen and oxygen atoms in total. The van der Waals surface area contributed by atoms with Gasteiger partial charge < -0.3 is 4.98 Å². The number of H-pyrrole nitrogens is 1. The predicted octanol–water partition coefficient (Wildman–Crippen LogP) is 2.42.